The first kappa shape index (κ1) is 15.4. The Bertz CT molecular complexity index is 567. The molecule has 0 fully saturated rings. The van der Waals surface area contributed by atoms with Crippen LogP contribution in [0, 0.1) is 6.92 Å². The highest BCUT2D eigenvalue weighted by molar-refractivity contribution is 5.27. The van der Waals surface area contributed by atoms with Crippen molar-refractivity contribution in [3.63, 3.8) is 0 Å². The number of halogens is 2. The zero-order chi connectivity index (χ0) is 15.2. The number of methoxy groups -OCH3 is 1. The second-order valence-electron chi connectivity index (χ2n) is 4.78. The van der Waals surface area contributed by atoms with Crippen LogP contribution in [0.15, 0.2) is 30.5 Å². The van der Waals surface area contributed by atoms with Crippen LogP contribution in [0.25, 0.3) is 0 Å². The number of benzene rings is 1. The minimum Gasteiger partial charge on any atom is -0.497 e. The van der Waals surface area contributed by atoms with Gasteiger partial charge in [0.2, 0.25) is 0 Å². The van der Waals surface area contributed by atoms with Crippen LogP contribution in [-0.2, 0) is 19.6 Å². The van der Waals surface area contributed by atoms with E-state index in [0.29, 0.717) is 13.1 Å². The highest BCUT2D eigenvalue weighted by atomic mass is 19.3. The van der Waals surface area contributed by atoms with Crippen molar-refractivity contribution < 1.29 is 13.5 Å². The van der Waals surface area contributed by atoms with E-state index in [9.17, 15) is 8.78 Å². The normalized spacial score (nSPS) is 11.1. The number of nitrogens with one attached hydrogen (secondary N) is 1. The van der Waals surface area contributed by atoms with Gasteiger partial charge in [0.15, 0.2) is 0 Å². The van der Waals surface area contributed by atoms with Gasteiger partial charge in [0, 0.05) is 24.3 Å². The number of aromatic nitrogens is 2. The molecule has 0 aliphatic rings. The molecule has 21 heavy (non-hydrogen) atoms. The lowest BCUT2D eigenvalue weighted by molar-refractivity contribution is 0.121. The van der Waals surface area contributed by atoms with Gasteiger partial charge in [0.25, 0.3) is 6.43 Å². The van der Waals surface area contributed by atoms with E-state index in [1.165, 1.54) is 4.68 Å². The van der Waals surface area contributed by atoms with E-state index in [0.717, 1.165) is 22.6 Å². The lowest BCUT2D eigenvalue weighted by Crippen LogP contribution is -2.14. The Hall–Kier alpha value is -1.95. The number of ether oxygens (including phenoxy) is 1. The van der Waals surface area contributed by atoms with Crippen molar-refractivity contribution in [2.45, 2.75) is 33.0 Å². The molecule has 0 bridgehead atoms. The molecule has 0 unspecified atom stereocenters. The molecule has 1 aromatic carbocycles. The van der Waals surface area contributed by atoms with Gasteiger partial charge < -0.3 is 10.1 Å². The van der Waals surface area contributed by atoms with Crippen molar-refractivity contribution >= 4 is 0 Å². The maximum atomic E-state index is 12.4. The third-order valence-corrected chi connectivity index (χ3v) is 3.32. The van der Waals surface area contributed by atoms with Crippen LogP contribution >= 0.6 is 0 Å². The Morgan fingerprint density at radius 1 is 1.24 bits per heavy atom. The summed E-state index contributed by atoms with van der Waals surface area (Å²) in [7, 11) is 1.63. The molecule has 1 N–H and O–H groups in total. The molecule has 1 aromatic heterocycles. The number of hydrogen-bond acceptors (Lipinski definition) is 3. The summed E-state index contributed by atoms with van der Waals surface area (Å²) in [5, 5.41) is 7.27. The van der Waals surface area contributed by atoms with E-state index in [1.54, 1.807) is 20.2 Å². The van der Waals surface area contributed by atoms with E-state index in [-0.39, 0.29) is 6.54 Å². The topological polar surface area (TPSA) is 39.1 Å². The SMILES string of the molecule is COc1ccc(CNCc2cnn(CC(F)F)c2C)cc1. The third kappa shape index (κ3) is 4.26. The van der Waals surface area contributed by atoms with Crippen LogP contribution < -0.4 is 10.1 Å². The summed E-state index contributed by atoms with van der Waals surface area (Å²) in [6.45, 7) is 2.74. The summed E-state index contributed by atoms with van der Waals surface area (Å²) in [4.78, 5) is 0. The molecule has 0 amide bonds. The van der Waals surface area contributed by atoms with Crippen molar-refractivity contribution in [2.24, 2.45) is 0 Å². The largest absolute Gasteiger partial charge is 0.497 e. The van der Waals surface area contributed by atoms with Crippen LogP contribution in [0.3, 0.4) is 0 Å². The van der Waals surface area contributed by atoms with Crippen molar-refractivity contribution in [3.8, 4) is 5.75 Å². The second-order valence-corrected chi connectivity index (χ2v) is 4.78. The van der Waals surface area contributed by atoms with Crippen LogP contribution in [0.4, 0.5) is 8.78 Å². The predicted octanol–water partition coefficient (Wildman–Crippen LogP) is 2.76. The van der Waals surface area contributed by atoms with E-state index < -0.39 is 6.43 Å². The van der Waals surface area contributed by atoms with Crippen LogP contribution in [-0.4, -0.2) is 23.3 Å². The highest BCUT2D eigenvalue weighted by Gasteiger charge is 2.10. The Balaban J connectivity index is 1.86. The van der Waals surface area contributed by atoms with Gasteiger partial charge in [0.1, 0.15) is 12.3 Å². The summed E-state index contributed by atoms with van der Waals surface area (Å²) in [5.74, 6) is 0.822. The fraction of sp³-hybridized carbons (Fsp3) is 0.400. The third-order valence-electron chi connectivity index (χ3n) is 3.32. The smallest absolute Gasteiger partial charge is 0.257 e. The average Bonchev–Trinajstić information content (AvgIpc) is 2.80. The van der Waals surface area contributed by atoms with Gasteiger partial charge in [-0.05, 0) is 24.6 Å². The minimum absolute atomic E-state index is 0.357. The molecule has 0 saturated carbocycles. The van der Waals surface area contributed by atoms with Gasteiger partial charge in [0.05, 0.1) is 13.3 Å². The Labute approximate surface area is 122 Å². The Kier molecular flexibility index (Phi) is 5.27. The molecule has 6 heteroatoms. The highest BCUT2D eigenvalue weighted by Crippen LogP contribution is 2.12. The first-order valence-electron chi connectivity index (χ1n) is 6.73. The Morgan fingerprint density at radius 2 is 1.95 bits per heavy atom. The lowest BCUT2D eigenvalue weighted by Gasteiger charge is -2.07. The first-order chi connectivity index (χ1) is 10.1. The quantitative estimate of drug-likeness (QED) is 0.853. The van der Waals surface area contributed by atoms with E-state index >= 15 is 0 Å². The summed E-state index contributed by atoms with van der Waals surface area (Å²) in [6.07, 6.45) is -0.748. The lowest BCUT2D eigenvalue weighted by atomic mass is 10.2. The average molecular weight is 295 g/mol. The van der Waals surface area contributed by atoms with E-state index in [2.05, 4.69) is 10.4 Å². The van der Waals surface area contributed by atoms with Gasteiger partial charge in [-0.2, -0.15) is 5.10 Å². The van der Waals surface area contributed by atoms with Gasteiger partial charge in [-0.25, -0.2) is 8.78 Å². The minimum atomic E-state index is -2.39. The van der Waals surface area contributed by atoms with E-state index in [4.69, 9.17) is 4.74 Å². The van der Waals surface area contributed by atoms with Gasteiger partial charge >= 0.3 is 0 Å². The van der Waals surface area contributed by atoms with Crippen LogP contribution in [0.5, 0.6) is 5.75 Å². The van der Waals surface area contributed by atoms with E-state index in [1.807, 2.05) is 24.3 Å². The molecule has 2 rings (SSSR count). The molecule has 4 nitrogen and oxygen atoms in total. The Morgan fingerprint density at radius 3 is 2.57 bits per heavy atom. The number of nitrogens with zero attached hydrogens (tertiary/aromatic N) is 2. The maximum absolute atomic E-state index is 12.4. The fourth-order valence-electron chi connectivity index (χ4n) is 2.06. The summed E-state index contributed by atoms with van der Waals surface area (Å²) in [5.41, 5.74) is 2.84. The van der Waals surface area contributed by atoms with Crippen LogP contribution in [0.2, 0.25) is 0 Å². The van der Waals surface area contributed by atoms with Crippen molar-refractivity contribution in [3.05, 3.63) is 47.3 Å². The monoisotopic (exact) mass is 295 g/mol. The molecular formula is C15H19F2N3O. The second kappa shape index (κ2) is 7.17. The molecule has 114 valence electrons. The zero-order valence-corrected chi connectivity index (χ0v) is 12.1. The van der Waals surface area contributed by atoms with Crippen molar-refractivity contribution in [1.82, 2.24) is 15.1 Å². The zero-order valence-electron chi connectivity index (χ0n) is 12.1. The molecular weight excluding hydrogens is 276 g/mol. The number of alkyl halides is 2. The van der Waals surface area contributed by atoms with Crippen molar-refractivity contribution in [1.29, 1.82) is 0 Å². The predicted molar refractivity (Wildman–Crippen MR) is 76.5 cm³/mol. The summed E-state index contributed by atoms with van der Waals surface area (Å²) >= 11 is 0. The molecule has 0 aliphatic heterocycles. The molecule has 1 heterocycles. The van der Waals surface area contributed by atoms with Crippen molar-refractivity contribution in [2.75, 3.05) is 7.11 Å². The molecule has 0 radical (unpaired) electrons. The number of rotatable bonds is 7. The molecule has 0 saturated heterocycles. The molecule has 0 aliphatic carbocycles. The fourth-order valence-corrected chi connectivity index (χ4v) is 2.06. The first-order valence-corrected chi connectivity index (χ1v) is 6.73. The van der Waals surface area contributed by atoms with Gasteiger partial charge in [-0.3, -0.25) is 4.68 Å². The summed E-state index contributed by atoms with van der Waals surface area (Å²) in [6, 6.07) is 7.78. The molecule has 2 aromatic rings. The maximum Gasteiger partial charge on any atom is 0.257 e. The standard InChI is InChI=1S/C15H19F2N3O/c1-11-13(9-19-20(11)10-15(16)17)8-18-7-12-3-5-14(21-2)6-4-12/h3-6,9,15,18H,7-8,10H2,1-2H3. The summed E-state index contributed by atoms with van der Waals surface area (Å²) < 4.78 is 31.2. The van der Waals surface area contributed by atoms with Gasteiger partial charge in [-0.1, -0.05) is 12.1 Å². The van der Waals surface area contributed by atoms with Gasteiger partial charge in [-0.15, -0.1) is 0 Å². The number of hydrogen-bond donors (Lipinski definition) is 1. The molecule has 0 atom stereocenters. The molecule has 0 spiro atoms. The van der Waals surface area contributed by atoms with Crippen LogP contribution in [0.1, 0.15) is 16.8 Å².